The monoisotopic (exact) mass is 459 g/mol. The van der Waals surface area contributed by atoms with Gasteiger partial charge in [0.2, 0.25) is 0 Å². The smallest absolute Gasteiger partial charge is 0.199 e. The molecule has 4 heterocycles. The third-order valence-corrected chi connectivity index (χ3v) is 8.14. The molecule has 170 valence electrons. The molecule has 0 bridgehead atoms. The Morgan fingerprint density at radius 1 is 1.03 bits per heavy atom. The lowest BCUT2D eigenvalue weighted by molar-refractivity contribution is 0.325. The Bertz CT molecular complexity index is 1340. The van der Waals surface area contributed by atoms with Gasteiger partial charge in [-0.15, -0.1) is 21.5 Å². The van der Waals surface area contributed by atoms with Crippen LogP contribution in [0.15, 0.2) is 46.1 Å². The van der Waals surface area contributed by atoms with E-state index in [0.717, 1.165) is 33.5 Å². The molecule has 0 amide bonds. The Hall–Kier alpha value is -3.06. The van der Waals surface area contributed by atoms with E-state index in [1.165, 1.54) is 16.0 Å². The zero-order valence-corrected chi connectivity index (χ0v) is 21.0. The number of thiophene rings is 1. The highest BCUT2D eigenvalue weighted by atomic mass is 32.1. The Morgan fingerprint density at radius 2 is 1.76 bits per heavy atom. The van der Waals surface area contributed by atoms with E-state index in [2.05, 4.69) is 85.6 Å². The van der Waals surface area contributed by atoms with E-state index in [9.17, 15) is 0 Å². The topological polar surface area (TPSA) is 69.1 Å². The van der Waals surface area contributed by atoms with Crippen LogP contribution in [0.25, 0.3) is 5.00 Å². The molecule has 0 saturated heterocycles. The summed E-state index contributed by atoms with van der Waals surface area (Å²) in [6.07, 6.45) is 3.29. The minimum atomic E-state index is -0.725. The average molecular weight is 460 g/mol. The maximum absolute atomic E-state index is 5.73. The van der Waals surface area contributed by atoms with Crippen LogP contribution >= 0.6 is 11.3 Å². The fourth-order valence-corrected chi connectivity index (χ4v) is 5.74. The van der Waals surface area contributed by atoms with Gasteiger partial charge in [0.05, 0.1) is 17.8 Å². The zero-order valence-electron chi connectivity index (χ0n) is 20.2. The summed E-state index contributed by atoms with van der Waals surface area (Å²) in [4.78, 5) is 11.2. The van der Waals surface area contributed by atoms with E-state index >= 15 is 0 Å². The van der Waals surface area contributed by atoms with Crippen molar-refractivity contribution in [2.45, 2.75) is 65.8 Å². The minimum absolute atomic E-state index is 0.143. The van der Waals surface area contributed by atoms with E-state index in [-0.39, 0.29) is 5.92 Å². The zero-order chi connectivity index (χ0) is 23.5. The number of aryl methyl sites for hydroxylation is 2. The van der Waals surface area contributed by atoms with E-state index in [0.29, 0.717) is 11.8 Å². The summed E-state index contributed by atoms with van der Waals surface area (Å²) in [5.74, 6) is 2.63. The van der Waals surface area contributed by atoms with Crippen LogP contribution in [0, 0.1) is 20.8 Å². The molecule has 0 radical (unpaired) electrons. The van der Waals surface area contributed by atoms with Crippen LogP contribution in [0.2, 0.25) is 0 Å². The summed E-state index contributed by atoms with van der Waals surface area (Å²) in [6, 6.07) is 8.81. The summed E-state index contributed by atoms with van der Waals surface area (Å²) in [7, 11) is 0. The predicted octanol–water partition coefficient (Wildman–Crippen LogP) is 6.24. The third kappa shape index (κ3) is 3.29. The first kappa shape index (κ1) is 21.8. The van der Waals surface area contributed by atoms with Crippen LogP contribution in [0.4, 0.5) is 0 Å². The van der Waals surface area contributed by atoms with Crippen molar-refractivity contribution in [1.29, 1.82) is 0 Å². The van der Waals surface area contributed by atoms with Crippen molar-refractivity contribution in [3.8, 4) is 5.00 Å². The SMILES string of the molecule is Cc1sc2c(c1C)C(c1ccc(C(C)C)cc1)=N[C@@](C)(C(C)c1ncco1)c1nnc(C)n1-2. The minimum Gasteiger partial charge on any atom is -0.449 e. The Kier molecular flexibility index (Phi) is 5.12. The highest BCUT2D eigenvalue weighted by Crippen LogP contribution is 2.46. The molecule has 0 aliphatic carbocycles. The van der Waals surface area contributed by atoms with Crippen molar-refractivity contribution >= 4 is 17.0 Å². The van der Waals surface area contributed by atoms with Crippen LogP contribution in [-0.2, 0) is 5.54 Å². The number of oxazole rings is 1. The Morgan fingerprint density at radius 3 is 2.39 bits per heavy atom. The average Bonchev–Trinajstić information content (AvgIpc) is 3.51. The van der Waals surface area contributed by atoms with Gasteiger partial charge < -0.3 is 4.42 Å². The third-order valence-electron chi connectivity index (χ3n) is 6.94. The van der Waals surface area contributed by atoms with E-state index in [1.54, 1.807) is 23.8 Å². The molecule has 33 heavy (non-hydrogen) atoms. The first-order valence-electron chi connectivity index (χ1n) is 11.3. The number of nitrogens with zero attached hydrogens (tertiary/aromatic N) is 5. The molecule has 2 atom stereocenters. The number of hydrogen-bond acceptors (Lipinski definition) is 6. The van der Waals surface area contributed by atoms with Crippen LogP contribution in [0.3, 0.4) is 0 Å². The second-order valence-corrected chi connectivity index (χ2v) is 10.5. The van der Waals surface area contributed by atoms with Crippen LogP contribution < -0.4 is 0 Å². The number of aromatic nitrogens is 4. The number of benzene rings is 1. The molecular weight excluding hydrogens is 430 g/mol. The molecule has 0 fully saturated rings. The maximum Gasteiger partial charge on any atom is 0.199 e. The predicted molar refractivity (Wildman–Crippen MR) is 132 cm³/mol. The van der Waals surface area contributed by atoms with Crippen molar-refractivity contribution in [3.63, 3.8) is 0 Å². The summed E-state index contributed by atoms with van der Waals surface area (Å²) < 4.78 is 7.90. The van der Waals surface area contributed by atoms with Gasteiger partial charge in [0, 0.05) is 16.0 Å². The van der Waals surface area contributed by atoms with Crippen molar-refractivity contribution in [2.24, 2.45) is 4.99 Å². The van der Waals surface area contributed by atoms with Gasteiger partial charge >= 0.3 is 0 Å². The highest BCUT2D eigenvalue weighted by Gasteiger charge is 2.45. The molecule has 1 aromatic carbocycles. The van der Waals surface area contributed by atoms with Crippen molar-refractivity contribution in [1.82, 2.24) is 19.7 Å². The lowest BCUT2D eigenvalue weighted by Gasteiger charge is -2.29. The van der Waals surface area contributed by atoms with Gasteiger partial charge in [-0.1, -0.05) is 45.0 Å². The fraction of sp³-hybridized carbons (Fsp3) is 0.385. The van der Waals surface area contributed by atoms with Gasteiger partial charge in [-0.05, 0) is 44.7 Å². The normalized spacial score (nSPS) is 18.6. The molecule has 0 spiro atoms. The summed E-state index contributed by atoms with van der Waals surface area (Å²) in [5, 5.41) is 10.2. The lowest BCUT2D eigenvalue weighted by atomic mass is 9.85. The van der Waals surface area contributed by atoms with Gasteiger partial charge in [-0.3, -0.25) is 9.56 Å². The Balaban J connectivity index is 1.82. The van der Waals surface area contributed by atoms with Crippen molar-refractivity contribution in [3.05, 3.63) is 81.4 Å². The summed E-state index contributed by atoms with van der Waals surface area (Å²) >= 11 is 1.77. The summed E-state index contributed by atoms with van der Waals surface area (Å²) in [5.41, 5.74) is 5.07. The Labute approximate surface area is 198 Å². The molecule has 4 aromatic rings. The van der Waals surface area contributed by atoms with Crippen LogP contribution in [-0.4, -0.2) is 25.5 Å². The molecular formula is C26H29N5OS. The largest absolute Gasteiger partial charge is 0.449 e. The first-order valence-corrected chi connectivity index (χ1v) is 12.2. The summed E-state index contributed by atoms with van der Waals surface area (Å²) in [6.45, 7) is 15.0. The van der Waals surface area contributed by atoms with Gasteiger partial charge in [0.15, 0.2) is 11.7 Å². The van der Waals surface area contributed by atoms with Crippen molar-refractivity contribution in [2.75, 3.05) is 0 Å². The first-order chi connectivity index (χ1) is 15.7. The van der Waals surface area contributed by atoms with E-state index in [1.807, 2.05) is 6.92 Å². The number of aliphatic imine (C=N–C) groups is 1. The molecule has 3 aromatic heterocycles. The quantitative estimate of drug-likeness (QED) is 0.362. The molecule has 1 aliphatic rings. The molecule has 5 rings (SSSR count). The standard InChI is InChI=1S/C26H29N5OS/c1-14(2)19-8-10-20(11-9-19)22-21-15(3)17(5)33-24(21)31-18(6)29-30-25(31)26(7,28-22)16(4)23-27-12-13-32-23/h8-14,16H,1-7H3/t16?,26-/m0/s1. The van der Waals surface area contributed by atoms with Gasteiger partial charge in [-0.25, -0.2) is 4.98 Å². The number of fused-ring (bicyclic) bond motifs is 3. The maximum atomic E-state index is 5.73. The molecule has 1 unspecified atom stereocenters. The van der Waals surface area contributed by atoms with E-state index in [4.69, 9.17) is 9.41 Å². The van der Waals surface area contributed by atoms with Crippen LogP contribution in [0.1, 0.15) is 84.2 Å². The number of hydrogen-bond donors (Lipinski definition) is 0. The van der Waals surface area contributed by atoms with Crippen LogP contribution in [0.5, 0.6) is 0 Å². The van der Waals surface area contributed by atoms with Gasteiger partial charge in [-0.2, -0.15) is 0 Å². The lowest BCUT2D eigenvalue weighted by Crippen LogP contribution is -2.31. The molecule has 6 nitrogen and oxygen atoms in total. The molecule has 7 heteroatoms. The molecule has 0 saturated carbocycles. The second kappa shape index (κ2) is 7.76. The van der Waals surface area contributed by atoms with Gasteiger partial charge in [0.1, 0.15) is 22.6 Å². The number of rotatable bonds is 4. The molecule has 0 N–H and O–H groups in total. The fourth-order valence-electron chi connectivity index (χ4n) is 4.53. The van der Waals surface area contributed by atoms with Crippen molar-refractivity contribution < 1.29 is 4.42 Å². The van der Waals surface area contributed by atoms with Gasteiger partial charge in [0.25, 0.3) is 0 Å². The second-order valence-electron chi connectivity index (χ2n) is 9.35. The highest BCUT2D eigenvalue weighted by molar-refractivity contribution is 7.15. The molecule has 1 aliphatic heterocycles. The van der Waals surface area contributed by atoms with E-state index < -0.39 is 5.54 Å².